The largest absolute Gasteiger partial charge is 0.464 e. The van der Waals surface area contributed by atoms with E-state index in [1.807, 2.05) is 13.0 Å². The van der Waals surface area contributed by atoms with E-state index in [1.54, 1.807) is 18.4 Å². The Morgan fingerprint density at radius 2 is 2.05 bits per heavy atom. The first-order valence-corrected chi connectivity index (χ1v) is 7.51. The summed E-state index contributed by atoms with van der Waals surface area (Å²) in [5.41, 5.74) is 0. The number of ether oxygens (including phenoxy) is 1. The second kappa shape index (κ2) is 7.04. The highest BCUT2D eigenvalue weighted by molar-refractivity contribution is 7.10. The van der Waals surface area contributed by atoms with Gasteiger partial charge < -0.3 is 15.4 Å². The molecule has 0 aliphatic heterocycles. The molecule has 0 radical (unpaired) electrons. The monoisotopic (exact) mass is 293 g/mol. The predicted molar refractivity (Wildman–Crippen MR) is 81.5 cm³/mol. The van der Waals surface area contributed by atoms with E-state index in [-0.39, 0.29) is 6.04 Å². The molecule has 0 amide bonds. The summed E-state index contributed by atoms with van der Waals surface area (Å²) in [6, 6.07) is 4.67. The molecule has 0 fully saturated rings. The summed E-state index contributed by atoms with van der Waals surface area (Å²) in [5.74, 6) is 1.01. The van der Waals surface area contributed by atoms with E-state index >= 15 is 0 Å². The van der Waals surface area contributed by atoms with E-state index in [9.17, 15) is 0 Å². The molecule has 2 aromatic heterocycles. The molecule has 1 unspecified atom stereocenters. The molecule has 2 N–H and O–H groups in total. The Morgan fingerprint density at radius 3 is 2.65 bits per heavy atom. The van der Waals surface area contributed by atoms with Crippen molar-refractivity contribution in [3.63, 3.8) is 0 Å². The van der Waals surface area contributed by atoms with E-state index in [4.69, 9.17) is 4.74 Å². The maximum atomic E-state index is 5.36. The van der Waals surface area contributed by atoms with Gasteiger partial charge in [0.1, 0.15) is 0 Å². The molecular formula is C13H19N5OS. The molecular weight excluding hydrogens is 274 g/mol. The van der Waals surface area contributed by atoms with Crippen molar-refractivity contribution < 1.29 is 4.74 Å². The maximum absolute atomic E-state index is 5.36. The fraction of sp³-hybridized carbons (Fsp3) is 0.462. The number of nitrogens with one attached hydrogen (secondary N) is 2. The van der Waals surface area contributed by atoms with Crippen molar-refractivity contribution in [2.24, 2.45) is 0 Å². The van der Waals surface area contributed by atoms with Gasteiger partial charge in [-0.15, -0.1) is 11.3 Å². The summed E-state index contributed by atoms with van der Waals surface area (Å²) in [5, 5.41) is 8.31. The lowest BCUT2D eigenvalue weighted by molar-refractivity contribution is 0.312. The van der Waals surface area contributed by atoms with Gasteiger partial charge in [-0.3, -0.25) is 0 Å². The molecule has 0 saturated heterocycles. The first-order valence-electron chi connectivity index (χ1n) is 6.63. The lowest BCUT2D eigenvalue weighted by atomic mass is 10.2. The van der Waals surface area contributed by atoms with E-state index in [0.717, 1.165) is 6.42 Å². The van der Waals surface area contributed by atoms with E-state index in [0.29, 0.717) is 24.5 Å². The van der Waals surface area contributed by atoms with Crippen LogP contribution in [0.15, 0.2) is 17.5 Å². The minimum atomic E-state index is 0.191. The number of hydrogen-bond donors (Lipinski definition) is 2. The number of hydrogen-bond acceptors (Lipinski definition) is 7. The van der Waals surface area contributed by atoms with Crippen molar-refractivity contribution in [2.45, 2.75) is 26.3 Å². The number of rotatable bonds is 7. The Labute approximate surface area is 122 Å². The van der Waals surface area contributed by atoms with Gasteiger partial charge in [-0.05, 0) is 24.8 Å². The summed E-state index contributed by atoms with van der Waals surface area (Å²) in [6.45, 7) is 4.55. The van der Waals surface area contributed by atoms with Crippen LogP contribution in [0.4, 0.5) is 11.9 Å². The van der Waals surface area contributed by atoms with Gasteiger partial charge in [-0.25, -0.2) is 0 Å². The standard InChI is InChI=1S/C13H19N5OS/c1-4-9(10-7-6-8-20-10)15-12-16-11(14-3)17-13(18-12)19-5-2/h6-9H,4-5H2,1-3H3,(H2,14,15,16,17,18). The highest BCUT2D eigenvalue weighted by atomic mass is 32.1. The molecule has 0 aromatic carbocycles. The Kier molecular flexibility index (Phi) is 5.11. The van der Waals surface area contributed by atoms with E-state index in [2.05, 4.69) is 44.0 Å². The van der Waals surface area contributed by atoms with Gasteiger partial charge in [0.2, 0.25) is 11.9 Å². The van der Waals surface area contributed by atoms with Gasteiger partial charge in [-0.2, -0.15) is 15.0 Å². The second-order valence-corrected chi connectivity index (χ2v) is 5.05. The third-order valence-electron chi connectivity index (χ3n) is 2.71. The van der Waals surface area contributed by atoms with Crippen LogP contribution in [-0.2, 0) is 0 Å². The quantitative estimate of drug-likeness (QED) is 0.818. The van der Waals surface area contributed by atoms with Crippen molar-refractivity contribution in [1.29, 1.82) is 0 Å². The summed E-state index contributed by atoms with van der Waals surface area (Å²) < 4.78 is 5.36. The number of anilines is 2. The number of nitrogens with zero attached hydrogens (tertiary/aromatic N) is 3. The molecule has 2 heterocycles. The van der Waals surface area contributed by atoms with Crippen LogP contribution in [0.5, 0.6) is 6.01 Å². The zero-order valence-corrected chi connectivity index (χ0v) is 12.7. The first kappa shape index (κ1) is 14.5. The molecule has 0 bridgehead atoms. The van der Waals surface area contributed by atoms with Crippen molar-refractivity contribution in [3.8, 4) is 6.01 Å². The number of aromatic nitrogens is 3. The van der Waals surface area contributed by atoms with E-state index in [1.165, 1.54) is 4.88 Å². The Morgan fingerprint density at radius 1 is 1.25 bits per heavy atom. The molecule has 2 rings (SSSR count). The molecule has 7 heteroatoms. The first-order chi connectivity index (χ1) is 9.76. The van der Waals surface area contributed by atoms with Crippen LogP contribution in [0, 0.1) is 0 Å². The SMILES string of the molecule is CCOc1nc(NC)nc(NC(CC)c2cccs2)n1. The van der Waals surface area contributed by atoms with Crippen molar-refractivity contribution in [3.05, 3.63) is 22.4 Å². The molecule has 0 saturated carbocycles. The average molecular weight is 293 g/mol. The molecule has 0 aliphatic carbocycles. The lowest BCUT2D eigenvalue weighted by Crippen LogP contribution is -2.13. The molecule has 0 spiro atoms. The third kappa shape index (κ3) is 3.57. The Bertz CT molecular complexity index is 532. The lowest BCUT2D eigenvalue weighted by Gasteiger charge is -2.16. The zero-order chi connectivity index (χ0) is 14.4. The minimum Gasteiger partial charge on any atom is -0.464 e. The Hall–Kier alpha value is -1.89. The number of thiophene rings is 1. The average Bonchev–Trinajstić information content (AvgIpc) is 2.99. The van der Waals surface area contributed by atoms with Crippen molar-refractivity contribution >= 4 is 23.2 Å². The van der Waals surface area contributed by atoms with Gasteiger partial charge in [0.05, 0.1) is 12.6 Å². The molecule has 20 heavy (non-hydrogen) atoms. The molecule has 0 aliphatic rings. The van der Waals surface area contributed by atoms with Crippen LogP contribution in [0.1, 0.15) is 31.2 Å². The van der Waals surface area contributed by atoms with Crippen LogP contribution in [-0.4, -0.2) is 28.6 Å². The Balaban J connectivity index is 2.20. The van der Waals surface area contributed by atoms with Crippen LogP contribution >= 0.6 is 11.3 Å². The van der Waals surface area contributed by atoms with Crippen LogP contribution in [0.3, 0.4) is 0 Å². The normalized spacial score (nSPS) is 11.9. The fourth-order valence-electron chi connectivity index (χ4n) is 1.75. The molecule has 108 valence electrons. The summed E-state index contributed by atoms with van der Waals surface area (Å²) >= 11 is 1.72. The third-order valence-corrected chi connectivity index (χ3v) is 3.70. The van der Waals surface area contributed by atoms with Gasteiger partial charge in [0, 0.05) is 11.9 Å². The molecule has 1 atom stereocenters. The van der Waals surface area contributed by atoms with E-state index < -0.39 is 0 Å². The molecule has 6 nitrogen and oxygen atoms in total. The van der Waals surface area contributed by atoms with Crippen LogP contribution < -0.4 is 15.4 Å². The second-order valence-electron chi connectivity index (χ2n) is 4.07. The highest BCUT2D eigenvalue weighted by Crippen LogP contribution is 2.25. The van der Waals surface area contributed by atoms with Crippen LogP contribution in [0.25, 0.3) is 0 Å². The van der Waals surface area contributed by atoms with Crippen LogP contribution in [0.2, 0.25) is 0 Å². The fourth-order valence-corrected chi connectivity index (χ4v) is 2.61. The highest BCUT2D eigenvalue weighted by Gasteiger charge is 2.13. The maximum Gasteiger partial charge on any atom is 0.323 e. The van der Waals surface area contributed by atoms with Gasteiger partial charge in [0.25, 0.3) is 0 Å². The topological polar surface area (TPSA) is 72.0 Å². The minimum absolute atomic E-state index is 0.191. The predicted octanol–water partition coefficient (Wildman–Crippen LogP) is 2.94. The van der Waals surface area contributed by atoms with Gasteiger partial charge in [0.15, 0.2) is 0 Å². The molecule has 2 aromatic rings. The van der Waals surface area contributed by atoms with Gasteiger partial charge in [-0.1, -0.05) is 13.0 Å². The smallest absolute Gasteiger partial charge is 0.323 e. The summed E-state index contributed by atoms with van der Waals surface area (Å²) in [7, 11) is 1.77. The summed E-state index contributed by atoms with van der Waals surface area (Å²) in [6.07, 6.45) is 0.949. The van der Waals surface area contributed by atoms with Gasteiger partial charge >= 0.3 is 6.01 Å². The van der Waals surface area contributed by atoms with Crippen molar-refractivity contribution in [2.75, 3.05) is 24.3 Å². The zero-order valence-electron chi connectivity index (χ0n) is 11.9. The van der Waals surface area contributed by atoms with Crippen molar-refractivity contribution in [1.82, 2.24) is 15.0 Å². The summed E-state index contributed by atoms with van der Waals surface area (Å²) in [4.78, 5) is 14.0.